The summed E-state index contributed by atoms with van der Waals surface area (Å²) >= 11 is 0. The van der Waals surface area contributed by atoms with Gasteiger partial charge in [0.2, 0.25) is 0 Å². The maximum Gasteiger partial charge on any atom is 0.142 e. The molecule has 2 aromatic rings. The summed E-state index contributed by atoms with van der Waals surface area (Å²) in [6.07, 6.45) is 0.0341. The molecule has 0 aliphatic heterocycles. The molecular formula is C16H17F2NO. The number of hydrogen-bond donors (Lipinski definition) is 1. The lowest BCUT2D eigenvalue weighted by atomic mass is 10.0. The van der Waals surface area contributed by atoms with Crippen molar-refractivity contribution < 1.29 is 13.5 Å². The van der Waals surface area contributed by atoms with Gasteiger partial charge in [-0.15, -0.1) is 0 Å². The van der Waals surface area contributed by atoms with Crippen molar-refractivity contribution in [3.63, 3.8) is 0 Å². The van der Waals surface area contributed by atoms with Gasteiger partial charge in [0.1, 0.15) is 23.5 Å². The van der Waals surface area contributed by atoms with Crippen LogP contribution in [0.3, 0.4) is 0 Å². The van der Waals surface area contributed by atoms with E-state index in [9.17, 15) is 8.78 Å². The van der Waals surface area contributed by atoms with Gasteiger partial charge in [-0.05, 0) is 36.8 Å². The van der Waals surface area contributed by atoms with Gasteiger partial charge >= 0.3 is 0 Å². The van der Waals surface area contributed by atoms with E-state index in [0.29, 0.717) is 17.7 Å². The third-order valence-electron chi connectivity index (χ3n) is 3.15. The van der Waals surface area contributed by atoms with Crippen LogP contribution in [0, 0.1) is 11.6 Å². The number of rotatable bonds is 5. The van der Waals surface area contributed by atoms with E-state index in [-0.39, 0.29) is 17.7 Å². The van der Waals surface area contributed by atoms with Crippen LogP contribution in [0.1, 0.15) is 25.0 Å². The first-order valence-electron chi connectivity index (χ1n) is 6.54. The van der Waals surface area contributed by atoms with E-state index in [1.165, 1.54) is 30.3 Å². The first-order valence-corrected chi connectivity index (χ1v) is 6.54. The number of benzene rings is 2. The Labute approximate surface area is 117 Å². The summed E-state index contributed by atoms with van der Waals surface area (Å²) in [6, 6.07) is 11.6. The average molecular weight is 277 g/mol. The zero-order valence-corrected chi connectivity index (χ0v) is 11.2. The first-order chi connectivity index (χ1) is 9.61. The quantitative estimate of drug-likeness (QED) is 0.901. The molecule has 0 bridgehead atoms. The highest BCUT2D eigenvalue weighted by atomic mass is 19.1. The molecule has 0 spiro atoms. The summed E-state index contributed by atoms with van der Waals surface area (Å²) in [6.45, 7) is 1.91. The molecule has 0 aromatic heterocycles. The Hall–Kier alpha value is -1.94. The molecule has 0 amide bonds. The third-order valence-corrected chi connectivity index (χ3v) is 3.15. The molecule has 0 aliphatic carbocycles. The molecule has 2 nitrogen and oxygen atoms in total. The van der Waals surface area contributed by atoms with E-state index < -0.39 is 6.10 Å². The van der Waals surface area contributed by atoms with Crippen molar-refractivity contribution in [2.24, 2.45) is 5.73 Å². The summed E-state index contributed by atoms with van der Waals surface area (Å²) < 4.78 is 32.6. The Bertz CT molecular complexity index is 557. The van der Waals surface area contributed by atoms with Crippen LogP contribution in [0.15, 0.2) is 48.5 Å². The van der Waals surface area contributed by atoms with Crippen molar-refractivity contribution in [1.29, 1.82) is 0 Å². The molecule has 4 heteroatoms. The fourth-order valence-corrected chi connectivity index (χ4v) is 1.96. The minimum atomic E-state index is -0.605. The maximum atomic E-state index is 13.9. The smallest absolute Gasteiger partial charge is 0.142 e. The van der Waals surface area contributed by atoms with Crippen molar-refractivity contribution >= 4 is 0 Å². The minimum absolute atomic E-state index is 0.348. The van der Waals surface area contributed by atoms with Gasteiger partial charge in [0, 0.05) is 11.6 Å². The Morgan fingerprint density at radius 1 is 1.05 bits per heavy atom. The Kier molecular flexibility index (Phi) is 4.69. The van der Waals surface area contributed by atoms with Gasteiger partial charge in [-0.1, -0.05) is 25.1 Å². The van der Waals surface area contributed by atoms with E-state index in [2.05, 4.69) is 0 Å². The molecule has 20 heavy (non-hydrogen) atoms. The summed E-state index contributed by atoms with van der Waals surface area (Å²) in [4.78, 5) is 0. The lowest BCUT2D eigenvalue weighted by Crippen LogP contribution is -2.32. The van der Waals surface area contributed by atoms with Crippen molar-refractivity contribution in [2.75, 3.05) is 0 Å². The second kappa shape index (κ2) is 6.48. The van der Waals surface area contributed by atoms with E-state index in [1.54, 1.807) is 18.2 Å². The van der Waals surface area contributed by atoms with Crippen LogP contribution in [0.2, 0.25) is 0 Å². The fourth-order valence-electron chi connectivity index (χ4n) is 1.96. The average Bonchev–Trinajstić information content (AvgIpc) is 2.47. The number of halogens is 2. The van der Waals surface area contributed by atoms with Crippen LogP contribution in [-0.4, -0.2) is 6.04 Å². The molecule has 2 aromatic carbocycles. The van der Waals surface area contributed by atoms with Crippen molar-refractivity contribution in [3.8, 4) is 5.75 Å². The first kappa shape index (κ1) is 14.5. The molecule has 2 atom stereocenters. The Balaban J connectivity index is 2.29. The van der Waals surface area contributed by atoms with Crippen LogP contribution in [0.5, 0.6) is 5.75 Å². The molecule has 106 valence electrons. The summed E-state index contributed by atoms with van der Waals surface area (Å²) in [5.41, 5.74) is 6.44. The van der Waals surface area contributed by atoms with E-state index in [4.69, 9.17) is 10.5 Å². The van der Waals surface area contributed by atoms with Gasteiger partial charge in [-0.2, -0.15) is 0 Å². The van der Waals surface area contributed by atoms with Crippen molar-refractivity contribution in [2.45, 2.75) is 25.5 Å². The van der Waals surface area contributed by atoms with Crippen LogP contribution in [-0.2, 0) is 0 Å². The predicted octanol–water partition coefficient (Wildman–Crippen LogP) is 3.82. The third kappa shape index (κ3) is 3.33. The molecule has 2 rings (SSSR count). The second-order valence-corrected chi connectivity index (χ2v) is 4.59. The normalized spacial score (nSPS) is 13.8. The molecule has 0 radical (unpaired) electrons. The van der Waals surface area contributed by atoms with Crippen molar-refractivity contribution in [3.05, 3.63) is 65.7 Å². The fraction of sp³-hybridized carbons (Fsp3) is 0.250. The van der Waals surface area contributed by atoms with Gasteiger partial charge in [-0.25, -0.2) is 8.78 Å². The predicted molar refractivity (Wildman–Crippen MR) is 74.4 cm³/mol. The largest absolute Gasteiger partial charge is 0.484 e. The van der Waals surface area contributed by atoms with Crippen LogP contribution in [0.25, 0.3) is 0 Å². The summed E-state index contributed by atoms with van der Waals surface area (Å²) in [7, 11) is 0. The van der Waals surface area contributed by atoms with Gasteiger partial charge in [0.05, 0.1) is 0 Å². The molecule has 0 fully saturated rings. The number of nitrogens with two attached hydrogens (primary N) is 1. The van der Waals surface area contributed by atoms with Crippen LogP contribution < -0.4 is 10.5 Å². The highest BCUT2D eigenvalue weighted by Crippen LogP contribution is 2.27. The zero-order chi connectivity index (χ0) is 14.5. The standard InChI is InChI=1S/C16H17F2NO/c1-2-15(19)16(13-5-3-4-6-14(13)18)20-12-9-7-11(17)8-10-12/h3-10,15-16H,2,19H2,1H3. The minimum Gasteiger partial charge on any atom is -0.484 e. The van der Waals surface area contributed by atoms with Crippen LogP contribution >= 0.6 is 0 Å². The molecular weight excluding hydrogens is 260 g/mol. The highest BCUT2D eigenvalue weighted by Gasteiger charge is 2.23. The van der Waals surface area contributed by atoms with Gasteiger partial charge in [0.15, 0.2) is 0 Å². The molecule has 0 heterocycles. The van der Waals surface area contributed by atoms with Crippen molar-refractivity contribution in [1.82, 2.24) is 0 Å². The van der Waals surface area contributed by atoms with E-state index in [1.807, 2.05) is 6.92 Å². The van der Waals surface area contributed by atoms with Gasteiger partial charge in [0.25, 0.3) is 0 Å². The van der Waals surface area contributed by atoms with E-state index in [0.717, 1.165) is 0 Å². The topological polar surface area (TPSA) is 35.2 Å². The zero-order valence-electron chi connectivity index (χ0n) is 11.2. The van der Waals surface area contributed by atoms with Gasteiger partial charge in [-0.3, -0.25) is 0 Å². The maximum absolute atomic E-state index is 13.9. The SMILES string of the molecule is CCC(N)C(Oc1ccc(F)cc1)c1ccccc1F. The molecule has 2 unspecified atom stereocenters. The molecule has 0 saturated carbocycles. The lowest BCUT2D eigenvalue weighted by molar-refractivity contribution is 0.166. The van der Waals surface area contributed by atoms with E-state index >= 15 is 0 Å². The number of ether oxygens (including phenoxy) is 1. The Morgan fingerprint density at radius 2 is 1.70 bits per heavy atom. The second-order valence-electron chi connectivity index (χ2n) is 4.59. The number of hydrogen-bond acceptors (Lipinski definition) is 2. The molecule has 0 aliphatic rings. The lowest BCUT2D eigenvalue weighted by Gasteiger charge is -2.25. The Morgan fingerprint density at radius 3 is 2.30 bits per heavy atom. The highest BCUT2D eigenvalue weighted by molar-refractivity contribution is 5.26. The monoisotopic (exact) mass is 277 g/mol. The van der Waals surface area contributed by atoms with Crippen LogP contribution in [0.4, 0.5) is 8.78 Å². The molecule has 0 saturated heterocycles. The summed E-state index contributed by atoms with van der Waals surface area (Å²) in [5, 5.41) is 0. The van der Waals surface area contributed by atoms with Gasteiger partial charge < -0.3 is 10.5 Å². The molecule has 2 N–H and O–H groups in total. The summed E-state index contributed by atoms with van der Waals surface area (Å²) in [5.74, 6) is -0.244.